The lowest BCUT2D eigenvalue weighted by molar-refractivity contribution is -0.126. The number of rotatable bonds is 7. The lowest BCUT2D eigenvalue weighted by atomic mass is 9.79. The van der Waals surface area contributed by atoms with E-state index >= 15 is 0 Å². The number of halogens is 1. The molecule has 0 atom stereocenters. The quantitative estimate of drug-likeness (QED) is 0.750. The number of aromatic nitrogens is 1. The second kappa shape index (κ2) is 8.97. The number of carbonyl (C=O) groups is 1. The summed E-state index contributed by atoms with van der Waals surface area (Å²) in [5.41, 5.74) is 0.983. The van der Waals surface area contributed by atoms with Gasteiger partial charge in [-0.25, -0.2) is 4.39 Å². The van der Waals surface area contributed by atoms with Gasteiger partial charge in [0.1, 0.15) is 11.5 Å². The Morgan fingerprint density at radius 2 is 2.04 bits per heavy atom. The molecule has 1 amide bonds. The maximum atomic E-state index is 13.8. The zero-order valence-corrected chi connectivity index (χ0v) is 15.3. The van der Waals surface area contributed by atoms with Gasteiger partial charge in [0.2, 0.25) is 5.91 Å². The first kappa shape index (κ1) is 18.6. The molecule has 1 aromatic carbocycles. The maximum absolute atomic E-state index is 13.8. The monoisotopic (exact) mass is 358 g/mol. The Labute approximate surface area is 154 Å². The number of amides is 1. The molecule has 0 radical (unpaired) electrons. The molecule has 1 N–H and O–H groups in total. The number of nitrogens with zero attached hydrogens (tertiary/aromatic N) is 1. The minimum Gasteiger partial charge on any atom is -0.356 e. The highest BCUT2D eigenvalue weighted by molar-refractivity contribution is 5.78. The summed E-state index contributed by atoms with van der Waals surface area (Å²) in [5.74, 6) is 1.01. The van der Waals surface area contributed by atoms with Gasteiger partial charge in [-0.05, 0) is 43.7 Å². The van der Waals surface area contributed by atoms with Gasteiger partial charge in [-0.2, -0.15) is 0 Å². The van der Waals surface area contributed by atoms with Crippen LogP contribution in [0.4, 0.5) is 4.39 Å². The summed E-state index contributed by atoms with van der Waals surface area (Å²) in [6.07, 6.45) is 8.07. The third-order valence-corrected chi connectivity index (χ3v) is 5.33. The van der Waals surface area contributed by atoms with E-state index < -0.39 is 0 Å². The molecular weight excluding hydrogens is 331 g/mol. The van der Waals surface area contributed by atoms with Crippen molar-refractivity contribution in [3.8, 4) is 11.3 Å². The van der Waals surface area contributed by atoms with Crippen LogP contribution in [0.2, 0.25) is 0 Å². The summed E-state index contributed by atoms with van der Waals surface area (Å²) < 4.78 is 19.0. The summed E-state index contributed by atoms with van der Waals surface area (Å²) in [7, 11) is 0. The van der Waals surface area contributed by atoms with E-state index in [4.69, 9.17) is 4.52 Å². The molecule has 1 fully saturated rings. The Balaban J connectivity index is 1.48. The van der Waals surface area contributed by atoms with Crippen LogP contribution in [-0.4, -0.2) is 11.1 Å². The highest BCUT2D eigenvalue weighted by Gasteiger charge is 2.26. The van der Waals surface area contributed by atoms with Gasteiger partial charge < -0.3 is 9.84 Å². The van der Waals surface area contributed by atoms with Crippen LogP contribution in [0.1, 0.15) is 57.6 Å². The van der Waals surface area contributed by atoms with Gasteiger partial charge in [-0.3, -0.25) is 4.79 Å². The fraction of sp³-hybridized carbons (Fsp3) is 0.524. The third-order valence-electron chi connectivity index (χ3n) is 5.33. The van der Waals surface area contributed by atoms with Crippen molar-refractivity contribution in [2.24, 2.45) is 11.8 Å². The van der Waals surface area contributed by atoms with Crippen molar-refractivity contribution in [3.05, 3.63) is 41.8 Å². The zero-order chi connectivity index (χ0) is 18.4. The Bertz CT molecular complexity index is 720. The van der Waals surface area contributed by atoms with E-state index in [0.29, 0.717) is 23.6 Å². The zero-order valence-electron chi connectivity index (χ0n) is 15.3. The number of benzene rings is 1. The Kier molecular flexibility index (Phi) is 6.42. The van der Waals surface area contributed by atoms with E-state index in [1.807, 2.05) is 0 Å². The lowest BCUT2D eigenvalue weighted by Crippen LogP contribution is -2.32. The molecule has 5 heteroatoms. The predicted octanol–water partition coefficient (Wildman–Crippen LogP) is 5.09. The standard InChI is InChI=1S/C21H27FN2O2/c1-2-3-6-15-9-11-16(12-10-15)21(25)23-14-17-13-20(26-24-17)18-7-4-5-8-19(18)22/h4-5,7-8,13,15-16H,2-3,6,9-12,14H2,1H3,(H,23,25). The fourth-order valence-electron chi connectivity index (χ4n) is 3.71. The van der Waals surface area contributed by atoms with Crippen LogP contribution in [0, 0.1) is 17.7 Å². The van der Waals surface area contributed by atoms with Gasteiger partial charge in [-0.15, -0.1) is 0 Å². The van der Waals surface area contributed by atoms with Crippen molar-refractivity contribution in [2.45, 2.75) is 58.4 Å². The molecule has 1 heterocycles. The highest BCUT2D eigenvalue weighted by atomic mass is 19.1. The van der Waals surface area contributed by atoms with Crippen molar-refractivity contribution >= 4 is 5.91 Å². The molecule has 2 aromatic rings. The maximum Gasteiger partial charge on any atom is 0.223 e. The second-order valence-electron chi connectivity index (χ2n) is 7.24. The van der Waals surface area contributed by atoms with Crippen LogP contribution >= 0.6 is 0 Å². The number of carbonyl (C=O) groups excluding carboxylic acids is 1. The average Bonchev–Trinajstić information content (AvgIpc) is 3.14. The third kappa shape index (κ3) is 4.71. The van der Waals surface area contributed by atoms with Crippen LogP contribution < -0.4 is 5.32 Å². The van der Waals surface area contributed by atoms with E-state index in [0.717, 1.165) is 31.6 Å². The number of hydrogen-bond acceptors (Lipinski definition) is 3. The van der Waals surface area contributed by atoms with Crippen LogP contribution in [-0.2, 0) is 11.3 Å². The SMILES string of the molecule is CCCCC1CCC(C(=O)NCc2cc(-c3ccccc3F)on2)CC1. The molecule has 3 rings (SSSR count). The fourth-order valence-corrected chi connectivity index (χ4v) is 3.71. The molecule has 1 saturated carbocycles. The summed E-state index contributed by atoms with van der Waals surface area (Å²) in [6, 6.07) is 8.10. The van der Waals surface area contributed by atoms with Crippen molar-refractivity contribution in [1.29, 1.82) is 0 Å². The van der Waals surface area contributed by atoms with Gasteiger partial charge >= 0.3 is 0 Å². The molecule has 140 valence electrons. The molecule has 0 saturated heterocycles. The first-order valence-electron chi connectivity index (χ1n) is 9.65. The minimum absolute atomic E-state index is 0.0920. The topological polar surface area (TPSA) is 55.1 Å². The summed E-state index contributed by atoms with van der Waals surface area (Å²) in [6.45, 7) is 2.53. The van der Waals surface area contributed by atoms with Crippen molar-refractivity contribution < 1.29 is 13.7 Å². The number of hydrogen-bond donors (Lipinski definition) is 1. The molecule has 1 aliphatic rings. The van der Waals surface area contributed by atoms with Crippen LogP contribution in [0.3, 0.4) is 0 Å². The van der Waals surface area contributed by atoms with E-state index in [1.54, 1.807) is 24.3 Å². The first-order chi connectivity index (χ1) is 12.7. The Hall–Kier alpha value is -2.17. The molecule has 0 aliphatic heterocycles. The van der Waals surface area contributed by atoms with Gasteiger partial charge in [0.15, 0.2) is 5.76 Å². The van der Waals surface area contributed by atoms with Crippen LogP contribution in [0.25, 0.3) is 11.3 Å². The smallest absolute Gasteiger partial charge is 0.223 e. The van der Waals surface area contributed by atoms with E-state index in [-0.39, 0.29) is 17.6 Å². The second-order valence-corrected chi connectivity index (χ2v) is 7.24. The van der Waals surface area contributed by atoms with E-state index in [2.05, 4.69) is 17.4 Å². The van der Waals surface area contributed by atoms with Crippen molar-refractivity contribution in [3.63, 3.8) is 0 Å². The summed E-state index contributed by atoms with van der Waals surface area (Å²) >= 11 is 0. The molecule has 1 aromatic heterocycles. The summed E-state index contributed by atoms with van der Waals surface area (Å²) in [5, 5.41) is 6.89. The molecule has 1 aliphatic carbocycles. The van der Waals surface area contributed by atoms with Crippen LogP contribution in [0.5, 0.6) is 0 Å². The Morgan fingerprint density at radius 3 is 2.77 bits per heavy atom. The minimum atomic E-state index is -0.348. The van der Waals surface area contributed by atoms with E-state index in [9.17, 15) is 9.18 Å². The molecule has 0 spiro atoms. The normalized spacial score (nSPS) is 20.1. The highest BCUT2D eigenvalue weighted by Crippen LogP contribution is 2.32. The molecule has 0 unspecified atom stereocenters. The van der Waals surface area contributed by atoms with Gasteiger partial charge in [0.25, 0.3) is 0 Å². The van der Waals surface area contributed by atoms with E-state index in [1.165, 1.54) is 25.3 Å². The van der Waals surface area contributed by atoms with Crippen molar-refractivity contribution in [1.82, 2.24) is 10.5 Å². The number of nitrogens with one attached hydrogen (secondary N) is 1. The molecule has 4 nitrogen and oxygen atoms in total. The molecular formula is C21H27FN2O2. The van der Waals surface area contributed by atoms with Crippen molar-refractivity contribution in [2.75, 3.05) is 0 Å². The van der Waals surface area contributed by atoms with Gasteiger partial charge in [0, 0.05) is 12.0 Å². The molecule has 0 bridgehead atoms. The predicted molar refractivity (Wildman–Crippen MR) is 98.7 cm³/mol. The largest absolute Gasteiger partial charge is 0.356 e. The average molecular weight is 358 g/mol. The van der Waals surface area contributed by atoms with Gasteiger partial charge in [0.05, 0.1) is 12.1 Å². The van der Waals surface area contributed by atoms with Gasteiger partial charge in [-0.1, -0.05) is 43.5 Å². The van der Waals surface area contributed by atoms with Crippen LogP contribution in [0.15, 0.2) is 34.9 Å². The summed E-state index contributed by atoms with van der Waals surface area (Å²) in [4.78, 5) is 12.4. The lowest BCUT2D eigenvalue weighted by Gasteiger charge is -2.27. The first-order valence-corrected chi connectivity index (χ1v) is 9.65. The Morgan fingerprint density at radius 1 is 1.27 bits per heavy atom. The number of unbranched alkanes of at least 4 members (excludes halogenated alkanes) is 1. The molecule has 26 heavy (non-hydrogen) atoms.